The summed E-state index contributed by atoms with van der Waals surface area (Å²) in [7, 11) is 0. The van der Waals surface area contributed by atoms with Gasteiger partial charge in [-0.05, 0) is 50.3 Å². The predicted octanol–water partition coefficient (Wildman–Crippen LogP) is 2.93. The van der Waals surface area contributed by atoms with Crippen LogP contribution in [0.15, 0.2) is 4.52 Å². The minimum Gasteiger partial charge on any atom is -0.444 e. The Morgan fingerprint density at radius 1 is 1.53 bits per heavy atom. The van der Waals surface area contributed by atoms with Crippen LogP contribution < -0.4 is 5.32 Å². The Morgan fingerprint density at radius 3 is 2.53 bits per heavy atom. The van der Waals surface area contributed by atoms with Crippen LogP contribution >= 0.6 is 22.6 Å². The highest BCUT2D eigenvalue weighted by Crippen LogP contribution is 2.21. The maximum atomic E-state index is 11.4. The number of hydrogen-bond donors (Lipinski definition) is 1. The highest BCUT2D eigenvalue weighted by Gasteiger charge is 2.19. The van der Waals surface area contributed by atoms with Crippen LogP contribution in [0, 0.1) is 10.5 Å². The second kappa shape index (κ2) is 4.38. The van der Waals surface area contributed by atoms with Gasteiger partial charge >= 0.3 is 6.09 Å². The van der Waals surface area contributed by atoms with Crippen molar-refractivity contribution in [3.8, 4) is 0 Å². The fourth-order valence-corrected chi connectivity index (χ4v) is 1.16. The van der Waals surface area contributed by atoms with Gasteiger partial charge in [-0.2, -0.15) is 0 Å². The molecule has 0 fully saturated rings. The van der Waals surface area contributed by atoms with E-state index in [0.29, 0.717) is 5.88 Å². The summed E-state index contributed by atoms with van der Waals surface area (Å²) >= 11 is 2.04. The molecule has 0 unspecified atom stereocenters. The van der Waals surface area contributed by atoms with Gasteiger partial charge in [0.15, 0.2) is 0 Å². The number of ether oxygens (including phenoxy) is 1. The SMILES string of the molecule is Cc1noc(NC(=O)OC(C)(C)C)c1I. The fourth-order valence-electron chi connectivity index (χ4n) is 0.833. The molecule has 1 heterocycles. The Labute approximate surface area is 102 Å². The Hall–Kier alpha value is -0.790. The molecule has 1 aromatic rings. The zero-order valence-electron chi connectivity index (χ0n) is 9.05. The number of carbonyl (C=O) groups excluding carboxylic acids is 1. The molecule has 5 nitrogen and oxygen atoms in total. The Balaban J connectivity index is 2.63. The number of aryl methyl sites for hydroxylation is 1. The lowest BCUT2D eigenvalue weighted by molar-refractivity contribution is 0.0631. The van der Waals surface area contributed by atoms with E-state index < -0.39 is 11.7 Å². The molecule has 84 valence electrons. The molecule has 0 bridgehead atoms. The average Bonchev–Trinajstić information content (AvgIpc) is 2.32. The highest BCUT2D eigenvalue weighted by atomic mass is 127. The molecule has 1 amide bonds. The van der Waals surface area contributed by atoms with Crippen molar-refractivity contribution < 1.29 is 14.1 Å². The first-order valence-electron chi connectivity index (χ1n) is 4.41. The van der Waals surface area contributed by atoms with E-state index in [1.54, 1.807) is 27.7 Å². The zero-order chi connectivity index (χ0) is 11.6. The fraction of sp³-hybridized carbons (Fsp3) is 0.556. The van der Waals surface area contributed by atoms with Gasteiger partial charge in [0.1, 0.15) is 9.17 Å². The van der Waals surface area contributed by atoms with Crippen molar-refractivity contribution in [3.63, 3.8) is 0 Å². The van der Waals surface area contributed by atoms with Gasteiger partial charge in [0.25, 0.3) is 0 Å². The molecule has 0 aliphatic heterocycles. The Morgan fingerprint density at radius 2 is 2.13 bits per heavy atom. The number of nitrogens with zero attached hydrogens (tertiary/aromatic N) is 1. The monoisotopic (exact) mass is 324 g/mol. The molecule has 0 aliphatic carbocycles. The quantitative estimate of drug-likeness (QED) is 0.807. The van der Waals surface area contributed by atoms with E-state index in [0.717, 1.165) is 9.26 Å². The number of rotatable bonds is 1. The lowest BCUT2D eigenvalue weighted by atomic mass is 10.2. The van der Waals surface area contributed by atoms with E-state index in [-0.39, 0.29) is 0 Å². The number of halogens is 1. The van der Waals surface area contributed by atoms with Gasteiger partial charge in [0, 0.05) is 0 Å². The largest absolute Gasteiger partial charge is 0.444 e. The van der Waals surface area contributed by atoms with Gasteiger partial charge in [-0.15, -0.1) is 0 Å². The number of nitrogens with one attached hydrogen (secondary N) is 1. The van der Waals surface area contributed by atoms with Gasteiger partial charge < -0.3 is 9.26 Å². The summed E-state index contributed by atoms with van der Waals surface area (Å²) in [6.45, 7) is 7.18. The molecule has 1 rings (SSSR count). The average molecular weight is 324 g/mol. The predicted molar refractivity (Wildman–Crippen MR) is 63.8 cm³/mol. The van der Waals surface area contributed by atoms with Crippen LogP contribution in [0.2, 0.25) is 0 Å². The molecule has 0 saturated heterocycles. The van der Waals surface area contributed by atoms with Gasteiger partial charge in [-0.3, -0.25) is 5.32 Å². The van der Waals surface area contributed by atoms with Crippen molar-refractivity contribution in [1.82, 2.24) is 5.16 Å². The molecule has 0 aromatic carbocycles. The number of hydrogen-bond acceptors (Lipinski definition) is 4. The van der Waals surface area contributed by atoms with Crippen molar-refractivity contribution in [1.29, 1.82) is 0 Å². The minimum absolute atomic E-state index is 0.322. The van der Waals surface area contributed by atoms with Crippen molar-refractivity contribution in [2.45, 2.75) is 33.3 Å². The molecule has 0 aliphatic rings. The molecule has 0 atom stereocenters. The van der Waals surface area contributed by atoms with Gasteiger partial charge in [-0.1, -0.05) is 5.16 Å². The van der Waals surface area contributed by atoms with Crippen LogP contribution in [-0.4, -0.2) is 16.9 Å². The van der Waals surface area contributed by atoms with Crippen molar-refractivity contribution in [2.75, 3.05) is 5.32 Å². The van der Waals surface area contributed by atoms with E-state index in [4.69, 9.17) is 9.26 Å². The summed E-state index contributed by atoms with van der Waals surface area (Å²) in [4.78, 5) is 11.4. The molecule has 1 aromatic heterocycles. The number of carbonyl (C=O) groups is 1. The van der Waals surface area contributed by atoms with Crippen LogP contribution in [0.1, 0.15) is 26.5 Å². The van der Waals surface area contributed by atoms with Crippen molar-refractivity contribution >= 4 is 34.6 Å². The Bertz CT molecular complexity index is 368. The van der Waals surface area contributed by atoms with Crippen molar-refractivity contribution in [3.05, 3.63) is 9.26 Å². The topological polar surface area (TPSA) is 64.4 Å². The van der Waals surface area contributed by atoms with Crippen LogP contribution in [0.25, 0.3) is 0 Å². The van der Waals surface area contributed by atoms with Crippen LogP contribution in [0.4, 0.5) is 10.7 Å². The summed E-state index contributed by atoms with van der Waals surface area (Å²) in [5.74, 6) is 0.322. The van der Waals surface area contributed by atoms with Gasteiger partial charge in [0.05, 0.1) is 5.69 Å². The van der Waals surface area contributed by atoms with Gasteiger partial charge in [-0.25, -0.2) is 4.79 Å². The normalized spacial score (nSPS) is 11.3. The number of amides is 1. The summed E-state index contributed by atoms with van der Waals surface area (Å²) in [5.41, 5.74) is 0.214. The van der Waals surface area contributed by atoms with E-state index in [1.807, 2.05) is 22.6 Å². The van der Waals surface area contributed by atoms with E-state index in [9.17, 15) is 4.79 Å². The lowest BCUT2D eigenvalue weighted by Crippen LogP contribution is -2.27. The van der Waals surface area contributed by atoms with Crippen LogP contribution in [-0.2, 0) is 4.74 Å². The maximum absolute atomic E-state index is 11.4. The number of aromatic nitrogens is 1. The molecular weight excluding hydrogens is 311 g/mol. The first kappa shape index (κ1) is 12.3. The lowest BCUT2D eigenvalue weighted by Gasteiger charge is -2.18. The molecular formula is C9H13IN2O3. The van der Waals surface area contributed by atoms with E-state index in [1.165, 1.54) is 0 Å². The molecule has 1 N–H and O–H groups in total. The zero-order valence-corrected chi connectivity index (χ0v) is 11.2. The first-order valence-corrected chi connectivity index (χ1v) is 5.49. The number of anilines is 1. The van der Waals surface area contributed by atoms with E-state index >= 15 is 0 Å². The minimum atomic E-state index is -0.545. The molecule has 0 spiro atoms. The Kier molecular flexibility index (Phi) is 3.58. The molecule has 0 radical (unpaired) electrons. The molecule has 15 heavy (non-hydrogen) atoms. The summed E-state index contributed by atoms with van der Waals surface area (Å²) in [6, 6.07) is 0. The second-order valence-electron chi connectivity index (χ2n) is 4.04. The highest BCUT2D eigenvalue weighted by molar-refractivity contribution is 14.1. The third-order valence-corrected chi connectivity index (χ3v) is 2.68. The van der Waals surface area contributed by atoms with Crippen LogP contribution in [0.3, 0.4) is 0 Å². The van der Waals surface area contributed by atoms with Crippen molar-refractivity contribution in [2.24, 2.45) is 0 Å². The second-order valence-corrected chi connectivity index (χ2v) is 5.12. The molecule has 0 saturated carbocycles. The molecule has 6 heteroatoms. The third kappa shape index (κ3) is 3.69. The maximum Gasteiger partial charge on any atom is 0.414 e. The first-order chi connectivity index (χ1) is 6.79. The van der Waals surface area contributed by atoms with Crippen LogP contribution in [0.5, 0.6) is 0 Å². The standard InChI is InChI=1S/C9H13IN2O3/c1-5-6(10)7(15-12-5)11-8(13)14-9(2,3)4/h1-4H3,(H,11,13). The van der Waals surface area contributed by atoms with Gasteiger partial charge in [0.2, 0.25) is 5.88 Å². The van der Waals surface area contributed by atoms with E-state index in [2.05, 4.69) is 10.5 Å². The summed E-state index contributed by atoms with van der Waals surface area (Å²) in [5, 5.41) is 6.20. The third-order valence-electron chi connectivity index (χ3n) is 1.41. The smallest absolute Gasteiger partial charge is 0.414 e. The summed E-state index contributed by atoms with van der Waals surface area (Å²) < 4.78 is 10.8. The summed E-state index contributed by atoms with van der Waals surface area (Å²) in [6.07, 6.45) is -0.545.